The van der Waals surface area contributed by atoms with Gasteiger partial charge in [-0.15, -0.1) is 0 Å². The number of carbonyl (C=O) groups excluding carboxylic acids is 1. The summed E-state index contributed by atoms with van der Waals surface area (Å²) in [4.78, 5) is 16.6. The number of aromatic nitrogens is 3. The molecule has 1 amide bonds. The summed E-state index contributed by atoms with van der Waals surface area (Å²) in [7, 11) is 0. The van der Waals surface area contributed by atoms with Gasteiger partial charge in [-0.3, -0.25) is 9.78 Å². The fourth-order valence-electron chi connectivity index (χ4n) is 2.45. The van der Waals surface area contributed by atoms with Gasteiger partial charge in [0.1, 0.15) is 0 Å². The lowest BCUT2D eigenvalue weighted by Crippen LogP contribution is -2.26. The lowest BCUT2D eigenvalue weighted by molar-refractivity contribution is 0.0953. The molecule has 0 saturated heterocycles. The Morgan fingerprint density at radius 3 is 2.88 bits per heavy atom. The molecule has 1 aromatic carbocycles. The second kappa shape index (κ2) is 7.27. The summed E-state index contributed by atoms with van der Waals surface area (Å²) in [5.74, 6) is -0.142. The van der Waals surface area contributed by atoms with Gasteiger partial charge in [0.15, 0.2) is 0 Å². The van der Waals surface area contributed by atoms with E-state index in [0.717, 1.165) is 17.1 Å². The van der Waals surface area contributed by atoms with Crippen molar-refractivity contribution in [3.05, 3.63) is 76.8 Å². The third-order valence-electron chi connectivity index (χ3n) is 3.70. The van der Waals surface area contributed by atoms with Crippen molar-refractivity contribution in [2.75, 3.05) is 6.54 Å². The van der Waals surface area contributed by atoms with E-state index in [1.54, 1.807) is 23.1 Å². The Kier molecular flexibility index (Phi) is 4.91. The van der Waals surface area contributed by atoms with Gasteiger partial charge < -0.3 is 5.32 Å². The molecule has 0 bridgehead atoms. The number of halogens is 1. The summed E-state index contributed by atoms with van der Waals surface area (Å²) in [6.07, 6.45) is 4.01. The van der Waals surface area contributed by atoms with E-state index in [4.69, 9.17) is 11.6 Å². The molecule has 2 aromatic heterocycles. The van der Waals surface area contributed by atoms with Gasteiger partial charge in [0, 0.05) is 29.9 Å². The van der Waals surface area contributed by atoms with Crippen molar-refractivity contribution in [3.63, 3.8) is 0 Å². The van der Waals surface area contributed by atoms with Gasteiger partial charge in [-0.2, -0.15) is 5.10 Å². The van der Waals surface area contributed by atoms with Gasteiger partial charge in [-0.25, -0.2) is 4.68 Å². The second-order valence-corrected chi connectivity index (χ2v) is 5.80. The highest BCUT2D eigenvalue weighted by Crippen LogP contribution is 2.17. The highest BCUT2D eigenvalue weighted by Gasteiger charge is 2.15. The lowest BCUT2D eigenvalue weighted by Gasteiger charge is -2.07. The first-order valence-corrected chi connectivity index (χ1v) is 8.01. The second-order valence-electron chi connectivity index (χ2n) is 5.36. The van der Waals surface area contributed by atoms with E-state index in [9.17, 15) is 4.79 Å². The zero-order chi connectivity index (χ0) is 16.9. The molecule has 0 saturated carbocycles. The molecule has 3 rings (SSSR count). The van der Waals surface area contributed by atoms with Crippen molar-refractivity contribution in [1.82, 2.24) is 20.1 Å². The molecule has 0 aliphatic heterocycles. The molecule has 0 fully saturated rings. The first-order chi connectivity index (χ1) is 11.6. The van der Waals surface area contributed by atoms with Crippen LogP contribution in [0.25, 0.3) is 5.69 Å². The maximum absolute atomic E-state index is 12.4. The van der Waals surface area contributed by atoms with Crippen LogP contribution >= 0.6 is 11.6 Å². The van der Waals surface area contributed by atoms with E-state index in [-0.39, 0.29) is 5.91 Å². The summed E-state index contributed by atoms with van der Waals surface area (Å²) in [6.45, 7) is 2.39. The zero-order valence-electron chi connectivity index (χ0n) is 13.2. The Hall–Kier alpha value is -2.66. The normalized spacial score (nSPS) is 10.6. The van der Waals surface area contributed by atoms with Crippen LogP contribution in [0.15, 0.2) is 54.9 Å². The van der Waals surface area contributed by atoms with Crippen LogP contribution in [0.5, 0.6) is 0 Å². The zero-order valence-corrected chi connectivity index (χ0v) is 14.0. The molecular weight excluding hydrogens is 324 g/mol. The maximum atomic E-state index is 12.4. The number of nitrogens with one attached hydrogen (secondary N) is 1. The number of nitrogens with zero attached hydrogens (tertiary/aromatic N) is 3. The number of rotatable bonds is 5. The van der Waals surface area contributed by atoms with Gasteiger partial charge >= 0.3 is 0 Å². The van der Waals surface area contributed by atoms with Crippen LogP contribution in [0, 0.1) is 6.92 Å². The fraction of sp³-hybridized carbons (Fsp3) is 0.167. The number of amides is 1. The topological polar surface area (TPSA) is 59.8 Å². The van der Waals surface area contributed by atoms with Crippen molar-refractivity contribution in [3.8, 4) is 5.69 Å². The van der Waals surface area contributed by atoms with Gasteiger partial charge in [0.2, 0.25) is 0 Å². The largest absolute Gasteiger partial charge is 0.352 e. The molecule has 3 aromatic rings. The molecular formula is C18H17ClN4O. The fourth-order valence-corrected chi connectivity index (χ4v) is 2.63. The number of carbonyl (C=O) groups is 1. The number of hydrogen-bond donors (Lipinski definition) is 1. The van der Waals surface area contributed by atoms with Crippen molar-refractivity contribution in [2.24, 2.45) is 0 Å². The van der Waals surface area contributed by atoms with E-state index in [1.165, 1.54) is 0 Å². The van der Waals surface area contributed by atoms with Gasteiger partial charge in [-0.1, -0.05) is 23.7 Å². The average molecular weight is 341 g/mol. The van der Waals surface area contributed by atoms with Gasteiger partial charge in [-0.05, 0) is 37.3 Å². The summed E-state index contributed by atoms with van der Waals surface area (Å²) in [5, 5.41) is 7.83. The van der Waals surface area contributed by atoms with E-state index < -0.39 is 0 Å². The molecule has 1 N–H and O–H groups in total. The van der Waals surface area contributed by atoms with Crippen molar-refractivity contribution >= 4 is 17.5 Å². The molecule has 0 atom stereocenters. The van der Waals surface area contributed by atoms with Crippen LogP contribution in [0.3, 0.4) is 0 Å². The van der Waals surface area contributed by atoms with Crippen LogP contribution in [0.2, 0.25) is 5.02 Å². The highest BCUT2D eigenvalue weighted by atomic mass is 35.5. The van der Waals surface area contributed by atoms with Gasteiger partial charge in [0.25, 0.3) is 5.91 Å². The Morgan fingerprint density at radius 1 is 1.25 bits per heavy atom. The van der Waals surface area contributed by atoms with Crippen LogP contribution in [0.4, 0.5) is 0 Å². The van der Waals surface area contributed by atoms with Crippen molar-refractivity contribution in [2.45, 2.75) is 13.3 Å². The predicted octanol–water partition coefficient (Wildman–Crippen LogP) is 3.20. The lowest BCUT2D eigenvalue weighted by atomic mass is 10.2. The number of hydrogen-bond acceptors (Lipinski definition) is 3. The van der Waals surface area contributed by atoms with Crippen LogP contribution < -0.4 is 5.32 Å². The Morgan fingerprint density at radius 2 is 2.12 bits per heavy atom. The quantitative estimate of drug-likeness (QED) is 0.776. The van der Waals surface area contributed by atoms with Crippen LogP contribution in [-0.4, -0.2) is 27.2 Å². The Balaban J connectivity index is 1.68. The smallest absolute Gasteiger partial charge is 0.254 e. The van der Waals surface area contributed by atoms with Crippen molar-refractivity contribution < 1.29 is 4.79 Å². The molecule has 0 spiro atoms. The molecule has 6 heteroatoms. The Bertz CT molecular complexity index is 845. The number of pyridine rings is 1. The minimum absolute atomic E-state index is 0.142. The average Bonchev–Trinajstić information content (AvgIpc) is 2.97. The molecule has 2 heterocycles. The summed E-state index contributed by atoms with van der Waals surface area (Å²) < 4.78 is 1.71. The third kappa shape index (κ3) is 3.63. The Labute approximate surface area is 145 Å². The van der Waals surface area contributed by atoms with E-state index in [1.807, 2.05) is 43.3 Å². The first-order valence-electron chi connectivity index (χ1n) is 7.64. The third-order valence-corrected chi connectivity index (χ3v) is 3.94. The molecule has 0 aliphatic rings. The standard InChI is InChI=1S/C18H17ClN4O/c1-13-17(12-22-23(13)16-7-4-5-14(19)11-16)18(24)21-10-8-15-6-2-3-9-20-15/h2-7,9,11-12H,8,10H2,1H3,(H,21,24). The molecule has 24 heavy (non-hydrogen) atoms. The van der Waals surface area contributed by atoms with E-state index >= 15 is 0 Å². The molecule has 0 unspecified atom stereocenters. The molecule has 5 nitrogen and oxygen atoms in total. The molecule has 0 aliphatic carbocycles. The molecule has 0 radical (unpaired) electrons. The summed E-state index contributed by atoms with van der Waals surface area (Å²) in [6, 6.07) is 13.1. The van der Waals surface area contributed by atoms with Crippen LogP contribution in [0.1, 0.15) is 21.7 Å². The first kappa shape index (κ1) is 16.2. The van der Waals surface area contributed by atoms with E-state index in [0.29, 0.717) is 23.6 Å². The highest BCUT2D eigenvalue weighted by molar-refractivity contribution is 6.30. The summed E-state index contributed by atoms with van der Waals surface area (Å²) in [5.41, 5.74) is 3.10. The minimum Gasteiger partial charge on any atom is -0.352 e. The minimum atomic E-state index is -0.142. The van der Waals surface area contributed by atoms with Crippen LogP contribution in [-0.2, 0) is 6.42 Å². The molecule has 122 valence electrons. The predicted molar refractivity (Wildman–Crippen MR) is 93.6 cm³/mol. The van der Waals surface area contributed by atoms with Gasteiger partial charge in [0.05, 0.1) is 23.1 Å². The maximum Gasteiger partial charge on any atom is 0.254 e. The van der Waals surface area contributed by atoms with Crippen molar-refractivity contribution in [1.29, 1.82) is 0 Å². The van der Waals surface area contributed by atoms with E-state index in [2.05, 4.69) is 15.4 Å². The monoisotopic (exact) mass is 340 g/mol. The summed E-state index contributed by atoms with van der Waals surface area (Å²) >= 11 is 6.02. The number of benzene rings is 1. The SMILES string of the molecule is Cc1c(C(=O)NCCc2ccccn2)cnn1-c1cccc(Cl)c1.